The van der Waals surface area contributed by atoms with E-state index in [0.29, 0.717) is 11.8 Å². The number of rotatable bonds is 6. The third-order valence-electron chi connectivity index (χ3n) is 6.83. The number of fused-ring (bicyclic) bond motifs is 3. The molecule has 1 N–H and O–H groups in total. The van der Waals surface area contributed by atoms with Gasteiger partial charge in [0.05, 0.1) is 12.7 Å². The average molecular weight is 366 g/mol. The second kappa shape index (κ2) is 7.65. The number of ether oxygens (including phenoxy) is 1. The average Bonchev–Trinajstić information content (AvgIpc) is 2.73. The normalized spacial score (nSPS) is 26.6. The third-order valence-corrected chi connectivity index (χ3v) is 6.83. The molecule has 3 nitrogen and oxygen atoms in total. The summed E-state index contributed by atoms with van der Waals surface area (Å²) in [6, 6.07) is 16.7. The molecule has 3 aliphatic heterocycles. The molecule has 0 amide bonds. The standard InChI is InChI=1S/C24H31NO2/c1-18-5-3-4-6-22(18)24(26,23-17-25-15-12-20(23)13-16-25)14-11-19-7-9-21(27-2)10-8-19/h3-10,20,23,26H,11-17H2,1-2H3. The van der Waals surface area contributed by atoms with Crippen molar-refractivity contribution in [1.82, 2.24) is 4.90 Å². The predicted octanol–water partition coefficient (Wildman–Crippen LogP) is 4.17. The van der Waals surface area contributed by atoms with E-state index in [1.807, 2.05) is 12.1 Å². The molecule has 3 aliphatic rings. The van der Waals surface area contributed by atoms with Gasteiger partial charge in [0.1, 0.15) is 5.75 Å². The van der Waals surface area contributed by atoms with Crippen molar-refractivity contribution in [2.45, 2.75) is 38.2 Å². The van der Waals surface area contributed by atoms with E-state index >= 15 is 0 Å². The van der Waals surface area contributed by atoms with Gasteiger partial charge in [0.2, 0.25) is 0 Å². The zero-order valence-electron chi connectivity index (χ0n) is 16.5. The molecule has 2 atom stereocenters. The van der Waals surface area contributed by atoms with E-state index in [0.717, 1.165) is 30.7 Å². The Balaban J connectivity index is 1.62. The number of methoxy groups -OCH3 is 1. The van der Waals surface area contributed by atoms with Gasteiger partial charge in [0.25, 0.3) is 0 Å². The minimum atomic E-state index is -0.769. The molecule has 3 fully saturated rings. The summed E-state index contributed by atoms with van der Waals surface area (Å²) in [6.45, 7) is 5.56. The van der Waals surface area contributed by atoms with Crippen molar-refractivity contribution >= 4 is 0 Å². The molecule has 2 aromatic rings. The van der Waals surface area contributed by atoms with Crippen LogP contribution in [-0.4, -0.2) is 36.8 Å². The van der Waals surface area contributed by atoms with Crippen LogP contribution in [0.3, 0.4) is 0 Å². The van der Waals surface area contributed by atoms with Gasteiger partial charge in [-0.1, -0.05) is 36.4 Å². The molecule has 0 aliphatic carbocycles. The smallest absolute Gasteiger partial charge is 0.118 e. The lowest BCUT2D eigenvalue weighted by Gasteiger charge is -2.51. The highest BCUT2D eigenvalue weighted by Gasteiger charge is 2.47. The zero-order chi connectivity index (χ0) is 18.9. The first-order valence-corrected chi connectivity index (χ1v) is 10.2. The monoisotopic (exact) mass is 365 g/mol. The number of benzene rings is 2. The Morgan fingerprint density at radius 3 is 2.37 bits per heavy atom. The van der Waals surface area contributed by atoms with Crippen LogP contribution >= 0.6 is 0 Å². The molecule has 0 radical (unpaired) electrons. The highest BCUT2D eigenvalue weighted by atomic mass is 16.5. The van der Waals surface area contributed by atoms with Crippen LogP contribution in [0, 0.1) is 18.8 Å². The Kier molecular flexibility index (Phi) is 5.25. The molecule has 2 unspecified atom stereocenters. The van der Waals surface area contributed by atoms with Gasteiger partial charge in [0, 0.05) is 12.5 Å². The summed E-state index contributed by atoms with van der Waals surface area (Å²) >= 11 is 0. The van der Waals surface area contributed by atoms with Crippen LogP contribution in [0.15, 0.2) is 48.5 Å². The minimum Gasteiger partial charge on any atom is -0.497 e. The second-order valence-electron chi connectivity index (χ2n) is 8.33. The SMILES string of the molecule is COc1ccc(CCC(O)(c2ccccc2C)C2CN3CCC2CC3)cc1. The van der Waals surface area contributed by atoms with E-state index in [1.165, 1.54) is 37.1 Å². The molecule has 5 rings (SSSR count). The Morgan fingerprint density at radius 1 is 1.07 bits per heavy atom. The molecule has 0 saturated carbocycles. The molecular weight excluding hydrogens is 334 g/mol. The van der Waals surface area contributed by atoms with Crippen molar-refractivity contribution in [3.8, 4) is 5.75 Å². The predicted molar refractivity (Wildman–Crippen MR) is 109 cm³/mol. The fourth-order valence-corrected chi connectivity index (χ4v) is 5.21. The van der Waals surface area contributed by atoms with Gasteiger partial charge in [-0.2, -0.15) is 0 Å². The van der Waals surface area contributed by atoms with Gasteiger partial charge in [-0.05, 0) is 80.4 Å². The summed E-state index contributed by atoms with van der Waals surface area (Å²) in [4.78, 5) is 2.54. The molecule has 2 bridgehead atoms. The fourth-order valence-electron chi connectivity index (χ4n) is 5.21. The molecular formula is C24H31NO2. The van der Waals surface area contributed by atoms with E-state index in [1.54, 1.807) is 7.11 Å². The Bertz CT molecular complexity index is 764. The summed E-state index contributed by atoms with van der Waals surface area (Å²) in [5, 5.41) is 12.1. The van der Waals surface area contributed by atoms with Gasteiger partial charge >= 0.3 is 0 Å². The Labute approximate surface area is 163 Å². The summed E-state index contributed by atoms with van der Waals surface area (Å²) < 4.78 is 5.27. The first-order chi connectivity index (χ1) is 13.1. The first-order valence-electron chi connectivity index (χ1n) is 10.2. The van der Waals surface area contributed by atoms with E-state index in [2.05, 4.69) is 48.2 Å². The van der Waals surface area contributed by atoms with E-state index in [4.69, 9.17) is 4.74 Å². The van der Waals surface area contributed by atoms with Crippen molar-refractivity contribution in [3.63, 3.8) is 0 Å². The van der Waals surface area contributed by atoms with E-state index < -0.39 is 5.60 Å². The van der Waals surface area contributed by atoms with Gasteiger partial charge in [-0.25, -0.2) is 0 Å². The maximum Gasteiger partial charge on any atom is 0.118 e. The summed E-state index contributed by atoms with van der Waals surface area (Å²) in [7, 11) is 1.69. The zero-order valence-corrected chi connectivity index (χ0v) is 16.5. The number of hydrogen-bond acceptors (Lipinski definition) is 3. The number of aliphatic hydroxyl groups is 1. The minimum absolute atomic E-state index is 0.319. The van der Waals surface area contributed by atoms with Crippen molar-refractivity contribution in [2.24, 2.45) is 11.8 Å². The quantitative estimate of drug-likeness (QED) is 0.834. The highest BCUT2D eigenvalue weighted by molar-refractivity contribution is 5.34. The second-order valence-corrected chi connectivity index (χ2v) is 8.33. The van der Waals surface area contributed by atoms with Crippen LogP contribution in [0.5, 0.6) is 5.75 Å². The molecule has 0 spiro atoms. The summed E-state index contributed by atoms with van der Waals surface area (Å²) in [5.41, 5.74) is 2.81. The van der Waals surface area contributed by atoms with E-state index in [-0.39, 0.29) is 0 Å². The van der Waals surface area contributed by atoms with Crippen molar-refractivity contribution in [3.05, 3.63) is 65.2 Å². The van der Waals surface area contributed by atoms with Crippen LogP contribution in [0.2, 0.25) is 0 Å². The lowest BCUT2D eigenvalue weighted by Crippen LogP contribution is -2.55. The van der Waals surface area contributed by atoms with Crippen molar-refractivity contribution < 1.29 is 9.84 Å². The van der Waals surface area contributed by atoms with Gasteiger partial charge < -0.3 is 14.7 Å². The topological polar surface area (TPSA) is 32.7 Å². The molecule has 144 valence electrons. The molecule has 0 aromatic heterocycles. The van der Waals surface area contributed by atoms with Crippen LogP contribution in [0.4, 0.5) is 0 Å². The highest BCUT2D eigenvalue weighted by Crippen LogP contribution is 2.46. The fraction of sp³-hybridized carbons (Fsp3) is 0.500. The van der Waals surface area contributed by atoms with Gasteiger partial charge in [-0.3, -0.25) is 0 Å². The van der Waals surface area contributed by atoms with Crippen LogP contribution in [-0.2, 0) is 12.0 Å². The maximum atomic E-state index is 12.1. The Hall–Kier alpha value is -1.84. The number of hydrogen-bond donors (Lipinski definition) is 1. The molecule has 2 aromatic carbocycles. The molecule has 27 heavy (non-hydrogen) atoms. The van der Waals surface area contributed by atoms with E-state index in [9.17, 15) is 5.11 Å². The van der Waals surface area contributed by atoms with Gasteiger partial charge in [0.15, 0.2) is 0 Å². The largest absolute Gasteiger partial charge is 0.497 e. The maximum absolute atomic E-state index is 12.1. The van der Waals surface area contributed by atoms with Crippen LogP contribution in [0.1, 0.15) is 36.0 Å². The first kappa shape index (κ1) is 18.5. The van der Waals surface area contributed by atoms with Gasteiger partial charge in [-0.15, -0.1) is 0 Å². The van der Waals surface area contributed by atoms with Crippen LogP contribution < -0.4 is 4.74 Å². The van der Waals surface area contributed by atoms with Crippen molar-refractivity contribution in [2.75, 3.05) is 26.7 Å². The molecule has 3 heteroatoms. The molecule has 3 saturated heterocycles. The summed E-state index contributed by atoms with van der Waals surface area (Å²) in [6.07, 6.45) is 4.08. The third kappa shape index (κ3) is 3.63. The number of piperidine rings is 3. The summed E-state index contributed by atoms with van der Waals surface area (Å²) in [5.74, 6) is 1.83. The molecule has 3 heterocycles. The van der Waals surface area contributed by atoms with Crippen molar-refractivity contribution in [1.29, 1.82) is 0 Å². The number of nitrogens with zero attached hydrogens (tertiary/aromatic N) is 1. The lowest BCUT2D eigenvalue weighted by molar-refractivity contribution is -0.106. The Morgan fingerprint density at radius 2 is 1.78 bits per heavy atom. The number of aryl methyl sites for hydroxylation is 2. The lowest BCUT2D eigenvalue weighted by atomic mass is 9.65. The van der Waals surface area contributed by atoms with Crippen LogP contribution in [0.25, 0.3) is 0 Å².